The van der Waals surface area contributed by atoms with Gasteiger partial charge in [-0.2, -0.15) is 0 Å². The van der Waals surface area contributed by atoms with Crippen molar-refractivity contribution in [2.24, 2.45) is 0 Å². The monoisotopic (exact) mass is 168 g/mol. The predicted molar refractivity (Wildman–Crippen MR) is 52.0 cm³/mol. The van der Waals surface area contributed by atoms with Crippen LogP contribution in [-0.4, -0.2) is 9.97 Å². The summed E-state index contributed by atoms with van der Waals surface area (Å²) in [5, 5.41) is 0. The SMILES string of the molecule is C#Cc1ccc(-c2ncc[nH]2)cc1. The molecular weight excluding hydrogens is 160 g/mol. The molecule has 62 valence electrons. The Hall–Kier alpha value is -2.01. The molecular formula is C11H8N2. The van der Waals surface area contributed by atoms with Crippen LogP contribution in [-0.2, 0) is 0 Å². The van der Waals surface area contributed by atoms with E-state index < -0.39 is 0 Å². The van der Waals surface area contributed by atoms with Gasteiger partial charge in [0.1, 0.15) is 5.82 Å². The minimum atomic E-state index is 0.864. The van der Waals surface area contributed by atoms with Crippen LogP contribution in [0.3, 0.4) is 0 Å². The summed E-state index contributed by atoms with van der Waals surface area (Å²) >= 11 is 0. The summed E-state index contributed by atoms with van der Waals surface area (Å²) in [6, 6.07) is 7.71. The molecule has 0 radical (unpaired) electrons. The van der Waals surface area contributed by atoms with Crippen LogP contribution in [0.5, 0.6) is 0 Å². The molecule has 0 amide bonds. The van der Waals surface area contributed by atoms with Crippen LogP contribution >= 0.6 is 0 Å². The van der Waals surface area contributed by atoms with E-state index in [4.69, 9.17) is 6.42 Å². The van der Waals surface area contributed by atoms with Crippen molar-refractivity contribution in [3.8, 4) is 23.7 Å². The number of aromatic amines is 1. The Bertz CT molecular complexity index is 418. The lowest BCUT2D eigenvalue weighted by molar-refractivity contribution is 1.31. The highest BCUT2D eigenvalue weighted by Gasteiger charge is 1.97. The van der Waals surface area contributed by atoms with Crippen molar-refractivity contribution in [3.05, 3.63) is 42.2 Å². The maximum atomic E-state index is 5.25. The Balaban J connectivity index is 2.40. The van der Waals surface area contributed by atoms with E-state index in [1.54, 1.807) is 12.4 Å². The van der Waals surface area contributed by atoms with E-state index in [0.29, 0.717) is 0 Å². The molecule has 0 fully saturated rings. The zero-order valence-electron chi connectivity index (χ0n) is 6.99. The van der Waals surface area contributed by atoms with E-state index in [-0.39, 0.29) is 0 Å². The lowest BCUT2D eigenvalue weighted by Gasteiger charge is -1.95. The zero-order valence-corrected chi connectivity index (χ0v) is 6.99. The summed E-state index contributed by atoms with van der Waals surface area (Å²) in [6.45, 7) is 0. The molecule has 0 atom stereocenters. The van der Waals surface area contributed by atoms with Gasteiger partial charge >= 0.3 is 0 Å². The van der Waals surface area contributed by atoms with Crippen molar-refractivity contribution in [1.29, 1.82) is 0 Å². The van der Waals surface area contributed by atoms with Crippen molar-refractivity contribution >= 4 is 0 Å². The lowest BCUT2D eigenvalue weighted by atomic mass is 10.1. The quantitative estimate of drug-likeness (QED) is 0.649. The Kier molecular flexibility index (Phi) is 1.85. The van der Waals surface area contributed by atoms with Crippen LogP contribution in [0.25, 0.3) is 11.4 Å². The summed E-state index contributed by atoms with van der Waals surface area (Å²) in [6.07, 6.45) is 8.77. The first-order chi connectivity index (χ1) is 6.40. The van der Waals surface area contributed by atoms with Gasteiger partial charge in [-0.05, 0) is 12.1 Å². The van der Waals surface area contributed by atoms with Crippen molar-refractivity contribution in [1.82, 2.24) is 9.97 Å². The van der Waals surface area contributed by atoms with Crippen LogP contribution in [0, 0.1) is 12.3 Å². The van der Waals surface area contributed by atoms with Crippen molar-refractivity contribution < 1.29 is 0 Å². The average molecular weight is 168 g/mol. The highest BCUT2D eigenvalue weighted by atomic mass is 14.9. The number of hydrogen-bond donors (Lipinski definition) is 1. The Labute approximate surface area is 76.6 Å². The van der Waals surface area contributed by atoms with Gasteiger partial charge in [0, 0.05) is 23.5 Å². The summed E-state index contributed by atoms with van der Waals surface area (Å²) in [4.78, 5) is 7.16. The average Bonchev–Trinajstić information content (AvgIpc) is 2.71. The van der Waals surface area contributed by atoms with Gasteiger partial charge in [-0.25, -0.2) is 4.98 Å². The second-order valence-electron chi connectivity index (χ2n) is 2.66. The number of rotatable bonds is 1. The molecule has 0 aliphatic rings. The Morgan fingerprint density at radius 1 is 1.23 bits per heavy atom. The van der Waals surface area contributed by atoms with Gasteiger partial charge in [-0.3, -0.25) is 0 Å². The number of nitrogens with zero attached hydrogens (tertiary/aromatic N) is 1. The van der Waals surface area contributed by atoms with Crippen LogP contribution in [0.1, 0.15) is 5.56 Å². The molecule has 0 aliphatic carbocycles. The number of H-pyrrole nitrogens is 1. The Morgan fingerprint density at radius 2 is 2.00 bits per heavy atom. The topological polar surface area (TPSA) is 28.7 Å². The predicted octanol–water partition coefficient (Wildman–Crippen LogP) is 2.06. The molecule has 2 aromatic rings. The minimum Gasteiger partial charge on any atom is -0.345 e. The maximum Gasteiger partial charge on any atom is 0.137 e. The fraction of sp³-hybridized carbons (Fsp3) is 0. The fourth-order valence-electron chi connectivity index (χ4n) is 1.15. The number of benzene rings is 1. The summed E-state index contributed by atoms with van der Waals surface area (Å²) in [7, 11) is 0. The van der Waals surface area contributed by atoms with Crippen LogP contribution in [0.4, 0.5) is 0 Å². The number of hydrogen-bond acceptors (Lipinski definition) is 1. The fourth-order valence-corrected chi connectivity index (χ4v) is 1.15. The normalized spacial score (nSPS) is 9.46. The van der Waals surface area contributed by atoms with E-state index in [0.717, 1.165) is 17.0 Å². The number of aromatic nitrogens is 2. The van der Waals surface area contributed by atoms with E-state index in [9.17, 15) is 0 Å². The van der Waals surface area contributed by atoms with Gasteiger partial charge in [0.25, 0.3) is 0 Å². The molecule has 1 aromatic heterocycles. The number of nitrogens with one attached hydrogen (secondary N) is 1. The second-order valence-corrected chi connectivity index (χ2v) is 2.66. The van der Waals surface area contributed by atoms with Gasteiger partial charge in [-0.1, -0.05) is 18.1 Å². The third-order valence-corrected chi connectivity index (χ3v) is 1.82. The molecule has 2 heteroatoms. The number of imidazole rings is 1. The highest BCUT2D eigenvalue weighted by molar-refractivity contribution is 5.56. The zero-order chi connectivity index (χ0) is 9.10. The van der Waals surface area contributed by atoms with Crippen LogP contribution in [0.2, 0.25) is 0 Å². The summed E-state index contributed by atoms with van der Waals surface area (Å²) in [5.41, 5.74) is 1.93. The third kappa shape index (κ3) is 1.45. The molecule has 1 N–H and O–H groups in total. The van der Waals surface area contributed by atoms with Gasteiger partial charge < -0.3 is 4.98 Å². The largest absolute Gasteiger partial charge is 0.345 e. The van der Waals surface area contributed by atoms with E-state index in [1.165, 1.54) is 0 Å². The van der Waals surface area contributed by atoms with Crippen molar-refractivity contribution in [2.45, 2.75) is 0 Å². The molecule has 0 spiro atoms. The molecule has 13 heavy (non-hydrogen) atoms. The molecule has 1 heterocycles. The molecule has 0 bridgehead atoms. The van der Waals surface area contributed by atoms with Crippen molar-refractivity contribution in [2.75, 3.05) is 0 Å². The maximum absolute atomic E-state index is 5.25. The molecule has 0 unspecified atom stereocenters. The first-order valence-corrected chi connectivity index (χ1v) is 3.96. The second kappa shape index (κ2) is 3.16. The molecule has 0 saturated heterocycles. The standard InChI is InChI=1S/C11H8N2/c1-2-9-3-5-10(6-4-9)11-12-7-8-13-11/h1,3-8H,(H,12,13). The van der Waals surface area contributed by atoms with E-state index >= 15 is 0 Å². The summed E-state index contributed by atoms with van der Waals surface area (Å²) < 4.78 is 0. The molecule has 1 aromatic carbocycles. The molecule has 2 nitrogen and oxygen atoms in total. The number of terminal acetylenes is 1. The third-order valence-electron chi connectivity index (χ3n) is 1.82. The van der Waals surface area contributed by atoms with E-state index in [1.807, 2.05) is 24.3 Å². The smallest absolute Gasteiger partial charge is 0.137 e. The van der Waals surface area contributed by atoms with Crippen LogP contribution in [0.15, 0.2) is 36.7 Å². The van der Waals surface area contributed by atoms with Gasteiger partial charge in [0.15, 0.2) is 0 Å². The van der Waals surface area contributed by atoms with Gasteiger partial charge in [0.05, 0.1) is 0 Å². The Morgan fingerprint density at radius 3 is 2.54 bits per heavy atom. The molecule has 0 aliphatic heterocycles. The first-order valence-electron chi connectivity index (χ1n) is 3.96. The summed E-state index contributed by atoms with van der Waals surface area (Å²) in [5.74, 6) is 3.43. The van der Waals surface area contributed by atoms with Gasteiger partial charge in [-0.15, -0.1) is 6.42 Å². The minimum absolute atomic E-state index is 0.864. The first kappa shape index (κ1) is 7.63. The lowest BCUT2D eigenvalue weighted by Crippen LogP contribution is -1.80. The van der Waals surface area contributed by atoms with Gasteiger partial charge in [0.2, 0.25) is 0 Å². The van der Waals surface area contributed by atoms with Crippen molar-refractivity contribution in [3.63, 3.8) is 0 Å². The highest BCUT2D eigenvalue weighted by Crippen LogP contribution is 2.14. The van der Waals surface area contributed by atoms with Crippen LogP contribution < -0.4 is 0 Å². The molecule has 0 saturated carbocycles. The van der Waals surface area contributed by atoms with E-state index in [2.05, 4.69) is 15.9 Å². The molecule has 2 rings (SSSR count).